The number of anilines is 1. The van der Waals surface area contributed by atoms with E-state index in [2.05, 4.69) is 59.4 Å². The van der Waals surface area contributed by atoms with Gasteiger partial charge in [0.05, 0.1) is 13.2 Å². The van der Waals surface area contributed by atoms with Crippen LogP contribution in [0.1, 0.15) is 68.2 Å². The van der Waals surface area contributed by atoms with Gasteiger partial charge in [0.25, 0.3) is 0 Å². The van der Waals surface area contributed by atoms with E-state index in [1.807, 2.05) is 6.20 Å². The molecule has 0 saturated carbocycles. The predicted molar refractivity (Wildman–Crippen MR) is 136 cm³/mol. The minimum Gasteiger partial charge on any atom is -0.378 e. The fourth-order valence-electron chi connectivity index (χ4n) is 4.56. The van der Waals surface area contributed by atoms with Gasteiger partial charge >= 0.3 is 0 Å². The maximum absolute atomic E-state index is 5.45. The molecule has 2 heterocycles. The van der Waals surface area contributed by atoms with Crippen molar-refractivity contribution in [3.05, 3.63) is 58.8 Å². The van der Waals surface area contributed by atoms with E-state index in [9.17, 15) is 0 Å². The van der Waals surface area contributed by atoms with Crippen LogP contribution < -0.4 is 10.2 Å². The summed E-state index contributed by atoms with van der Waals surface area (Å²) in [5, 5.41) is 3.64. The van der Waals surface area contributed by atoms with Gasteiger partial charge in [-0.1, -0.05) is 44.9 Å². The average molecular weight is 438 g/mol. The van der Waals surface area contributed by atoms with Crippen molar-refractivity contribution in [1.82, 2.24) is 10.3 Å². The van der Waals surface area contributed by atoms with Gasteiger partial charge in [-0.2, -0.15) is 0 Å². The highest BCUT2D eigenvalue weighted by Gasteiger charge is 2.12. The molecule has 1 fully saturated rings. The normalized spacial score (nSPS) is 14.1. The van der Waals surface area contributed by atoms with Crippen LogP contribution in [0.2, 0.25) is 0 Å². The third kappa shape index (κ3) is 8.22. The van der Waals surface area contributed by atoms with Gasteiger partial charge < -0.3 is 15.0 Å². The molecule has 1 saturated heterocycles. The van der Waals surface area contributed by atoms with Crippen LogP contribution in [0, 0.1) is 0 Å². The first-order valence-corrected chi connectivity index (χ1v) is 12.9. The number of morpholine rings is 1. The Morgan fingerprint density at radius 2 is 1.62 bits per heavy atom. The van der Waals surface area contributed by atoms with Crippen molar-refractivity contribution in [2.24, 2.45) is 0 Å². The summed E-state index contributed by atoms with van der Waals surface area (Å²) in [6.45, 7) is 10.3. The molecule has 0 atom stereocenters. The monoisotopic (exact) mass is 437 g/mol. The summed E-state index contributed by atoms with van der Waals surface area (Å²) in [6, 6.07) is 11.6. The lowest BCUT2D eigenvalue weighted by molar-refractivity contribution is 0.122. The zero-order chi connectivity index (χ0) is 22.4. The molecular weight excluding hydrogens is 394 g/mol. The van der Waals surface area contributed by atoms with Crippen LogP contribution in [0.4, 0.5) is 5.82 Å². The Kier molecular flexibility index (Phi) is 11.0. The third-order valence-electron chi connectivity index (χ3n) is 6.45. The van der Waals surface area contributed by atoms with Gasteiger partial charge in [-0.3, -0.25) is 0 Å². The molecule has 1 aromatic heterocycles. The van der Waals surface area contributed by atoms with Crippen LogP contribution in [0.3, 0.4) is 0 Å². The highest BCUT2D eigenvalue weighted by atomic mass is 16.5. The number of pyridine rings is 1. The SMILES string of the molecule is CCCc1ccc(CCCNCCCCCc2ccnc(N3CCOCC3)c2)cc1CC. The van der Waals surface area contributed by atoms with Gasteiger partial charge in [-0.25, -0.2) is 4.98 Å². The van der Waals surface area contributed by atoms with E-state index in [0.29, 0.717) is 0 Å². The Morgan fingerprint density at radius 3 is 2.44 bits per heavy atom. The highest BCUT2D eigenvalue weighted by molar-refractivity contribution is 5.41. The summed E-state index contributed by atoms with van der Waals surface area (Å²) in [6.07, 6.45) is 12.9. The lowest BCUT2D eigenvalue weighted by atomic mass is 9.97. The third-order valence-corrected chi connectivity index (χ3v) is 6.45. The summed E-state index contributed by atoms with van der Waals surface area (Å²) in [5.41, 5.74) is 5.99. The highest BCUT2D eigenvalue weighted by Crippen LogP contribution is 2.17. The van der Waals surface area contributed by atoms with Crippen LogP contribution in [-0.2, 0) is 30.4 Å². The number of nitrogens with one attached hydrogen (secondary N) is 1. The fraction of sp³-hybridized carbons (Fsp3) is 0.607. The molecule has 0 spiro atoms. The number of hydrogen-bond acceptors (Lipinski definition) is 4. The molecule has 32 heavy (non-hydrogen) atoms. The zero-order valence-electron chi connectivity index (χ0n) is 20.4. The number of unbranched alkanes of at least 4 members (excludes halogenated alkanes) is 2. The van der Waals surface area contributed by atoms with Gasteiger partial charge in [0.1, 0.15) is 5.82 Å². The van der Waals surface area contributed by atoms with Crippen LogP contribution in [0.25, 0.3) is 0 Å². The molecule has 1 aromatic carbocycles. The maximum Gasteiger partial charge on any atom is 0.128 e. The largest absolute Gasteiger partial charge is 0.378 e. The molecule has 1 aliphatic heterocycles. The number of aromatic nitrogens is 1. The molecule has 0 aliphatic carbocycles. The van der Waals surface area contributed by atoms with Gasteiger partial charge in [-0.15, -0.1) is 0 Å². The van der Waals surface area contributed by atoms with Crippen molar-refractivity contribution in [3.8, 4) is 0 Å². The number of benzene rings is 1. The van der Waals surface area contributed by atoms with Crippen molar-refractivity contribution in [1.29, 1.82) is 0 Å². The van der Waals surface area contributed by atoms with Gasteiger partial charge in [0.15, 0.2) is 0 Å². The second-order valence-electron chi connectivity index (χ2n) is 8.99. The van der Waals surface area contributed by atoms with Crippen LogP contribution in [0.15, 0.2) is 36.5 Å². The second kappa shape index (κ2) is 14.3. The van der Waals surface area contributed by atoms with Gasteiger partial charge in [-0.05, 0) is 92.4 Å². The predicted octanol–water partition coefficient (Wildman–Crippen LogP) is 5.37. The Labute approximate surface area is 195 Å². The van der Waals surface area contributed by atoms with Crippen LogP contribution in [0.5, 0.6) is 0 Å². The van der Waals surface area contributed by atoms with Gasteiger partial charge in [0, 0.05) is 19.3 Å². The molecule has 1 N–H and O–H groups in total. The number of nitrogens with zero attached hydrogens (tertiary/aromatic N) is 2. The van der Waals surface area contributed by atoms with Gasteiger partial charge in [0.2, 0.25) is 0 Å². The van der Waals surface area contributed by atoms with Crippen molar-refractivity contribution < 1.29 is 4.74 Å². The Morgan fingerprint density at radius 1 is 0.844 bits per heavy atom. The average Bonchev–Trinajstić information content (AvgIpc) is 2.84. The van der Waals surface area contributed by atoms with E-state index < -0.39 is 0 Å². The lowest BCUT2D eigenvalue weighted by Gasteiger charge is -2.28. The molecular formula is C28H43N3O. The Bertz CT molecular complexity index is 786. The van der Waals surface area contributed by atoms with Crippen molar-refractivity contribution in [3.63, 3.8) is 0 Å². The maximum atomic E-state index is 5.45. The van der Waals surface area contributed by atoms with E-state index in [4.69, 9.17) is 4.74 Å². The first-order chi connectivity index (χ1) is 15.8. The molecule has 4 nitrogen and oxygen atoms in total. The van der Waals surface area contributed by atoms with E-state index in [1.165, 1.54) is 56.1 Å². The molecule has 0 bridgehead atoms. The molecule has 0 unspecified atom stereocenters. The van der Waals surface area contributed by atoms with Crippen LogP contribution in [-0.4, -0.2) is 44.4 Å². The standard InChI is InChI=1S/C28H43N3O/c1-3-9-27-13-12-24(22-26(27)4-2)11-8-16-29-15-7-5-6-10-25-14-17-30-28(23-25)31-18-20-32-21-19-31/h12-14,17,22-23,29H,3-11,15-16,18-21H2,1-2H3. The molecule has 0 amide bonds. The van der Waals surface area contributed by atoms with E-state index in [1.54, 1.807) is 11.1 Å². The second-order valence-corrected chi connectivity index (χ2v) is 8.99. The van der Waals surface area contributed by atoms with Crippen molar-refractivity contribution in [2.45, 2.75) is 71.6 Å². The fourth-order valence-corrected chi connectivity index (χ4v) is 4.56. The summed E-state index contributed by atoms with van der Waals surface area (Å²) in [4.78, 5) is 6.89. The summed E-state index contributed by atoms with van der Waals surface area (Å²) >= 11 is 0. The minimum absolute atomic E-state index is 0.809. The molecule has 4 heteroatoms. The lowest BCUT2D eigenvalue weighted by Crippen LogP contribution is -2.36. The molecule has 3 rings (SSSR count). The quantitative estimate of drug-likeness (QED) is 0.403. The zero-order valence-corrected chi connectivity index (χ0v) is 20.4. The van der Waals surface area contributed by atoms with Crippen molar-refractivity contribution >= 4 is 5.82 Å². The van der Waals surface area contributed by atoms with E-state index in [0.717, 1.165) is 58.1 Å². The Hall–Kier alpha value is -1.91. The molecule has 2 aromatic rings. The smallest absolute Gasteiger partial charge is 0.128 e. The summed E-state index contributed by atoms with van der Waals surface area (Å²) in [5.74, 6) is 1.11. The first-order valence-electron chi connectivity index (χ1n) is 12.9. The number of rotatable bonds is 14. The minimum atomic E-state index is 0.809. The number of hydrogen-bond donors (Lipinski definition) is 1. The Balaban J connectivity index is 1.25. The topological polar surface area (TPSA) is 37.4 Å². The summed E-state index contributed by atoms with van der Waals surface area (Å²) in [7, 11) is 0. The van der Waals surface area contributed by atoms with E-state index >= 15 is 0 Å². The number of ether oxygens (including phenoxy) is 1. The van der Waals surface area contributed by atoms with Crippen LogP contribution >= 0.6 is 0 Å². The molecule has 1 aliphatic rings. The first kappa shape index (κ1) is 24.7. The molecule has 0 radical (unpaired) electrons. The van der Waals surface area contributed by atoms with E-state index in [-0.39, 0.29) is 0 Å². The summed E-state index contributed by atoms with van der Waals surface area (Å²) < 4.78 is 5.45. The number of aryl methyl sites for hydroxylation is 4. The molecule has 176 valence electrons. The van der Waals surface area contributed by atoms with Crippen molar-refractivity contribution in [2.75, 3.05) is 44.3 Å².